The van der Waals surface area contributed by atoms with Crippen LogP contribution >= 0.6 is 116 Å². The van der Waals surface area contributed by atoms with Gasteiger partial charge in [-0.3, -0.25) is 20.2 Å². The van der Waals surface area contributed by atoms with Gasteiger partial charge in [0.2, 0.25) is 0 Å². The molecular formula is C72H91Cl7N14O6S3. The molecule has 1 amide bonds. The van der Waals surface area contributed by atoms with Crippen LogP contribution < -0.4 is 16.8 Å². The second-order valence-corrected chi connectivity index (χ2v) is 29.4. The molecule has 5 aromatic carbocycles. The molecule has 0 radical (unpaired) electrons. The summed E-state index contributed by atoms with van der Waals surface area (Å²) in [5.41, 5.74) is 16.1. The maximum Gasteiger partial charge on any atom is 0.407 e. The largest absolute Gasteiger partial charge is 0.444 e. The molecule has 0 atom stereocenters. The van der Waals surface area contributed by atoms with Crippen molar-refractivity contribution in [3.63, 3.8) is 0 Å². The molecule has 0 aliphatic rings. The highest BCUT2D eigenvalue weighted by atomic mass is 35.5. The average Bonchev–Trinajstić information content (AvgIpc) is 0.895. The van der Waals surface area contributed by atoms with Gasteiger partial charge in [-0.25, -0.2) is 49.7 Å². The summed E-state index contributed by atoms with van der Waals surface area (Å²) in [5, 5.41) is 29.9. The topological polar surface area (TPSA) is 293 Å². The van der Waals surface area contributed by atoms with Crippen LogP contribution in [0.5, 0.6) is 0 Å². The van der Waals surface area contributed by atoms with Crippen LogP contribution in [0, 0.1) is 20.2 Å². The summed E-state index contributed by atoms with van der Waals surface area (Å²) < 4.78 is 5.28. The van der Waals surface area contributed by atoms with E-state index in [-0.39, 0.29) is 31.9 Å². The standard InChI is InChI=1S/C29H36ClN5O4S.C24H28ClN5O2S.C17H23ClN4S.2CH2Cl2/c1-29(2,3)39-28(36)31-19-9-14-26-32-25(33-27(34-26)40-20-21-15-17-23(30)18-16-21)13-6-4-5-10-22-11-7-8-12-24(22)35(37)38;25-20-14-12-18(13-15-20)17-33-24-28-22(27-23(29-24)11-6-16-26)10-3-1-2-7-19-8-4-5-9-21(19)30(31)32;1-2-3-5-15-20-16(6-4-11-19)22-17(21-15)23-12-13-7-9-14(18)10-8-13;2*2-1-3/h7-8,11-12,15-18H,4-6,9-10,13-14,19-20H2,1-3H3,(H,31,36);4-5,8-9,12-15H,1-3,6-7,10-11,16-17,26H2;7-10H,2-6,11-12,19H2,1H3;2*1H2. The van der Waals surface area contributed by atoms with E-state index in [0.717, 1.165) is 173 Å². The Morgan fingerprint density at radius 1 is 0.441 bits per heavy atom. The molecule has 0 saturated heterocycles. The average molecular weight is 1590 g/mol. The van der Waals surface area contributed by atoms with Crippen molar-refractivity contribution in [2.24, 2.45) is 11.5 Å². The first-order valence-corrected chi connectivity index (χ1v) is 39.8. The number of hydrogen-bond donors (Lipinski definition) is 3. The summed E-state index contributed by atoms with van der Waals surface area (Å²) in [4.78, 5) is 75.4. The molecule has 0 fully saturated rings. The lowest BCUT2D eigenvalue weighted by molar-refractivity contribution is -0.385. The Bertz CT molecular complexity index is 3680. The molecule has 0 spiro atoms. The van der Waals surface area contributed by atoms with Crippen LogP contribution in [0.4, 0.5) is 16.2 Å². The first-order valence-electron chi connectivity index (χ1n) is 33.6. The van der Waals surface area contributed by atoms with Gasteiger partial charge < -0.3 is 21.5 Å². The number of ether oxygens (including phenoxy) is 1. The van der Waals surface area contributed by atoms with Crippen molar-refractivity contribution in [2.45, 2.75) is 188 Å². The van der Waals surface area contributed by atoms with Gasteiger partial charge in [-0.05, 0) is 151 Å². The van der Waals surface area contributed by atoms with Gasteiger partial charge in [0.15, 0.2) is 15.5 Å². The minimum absolute atomic E-state index is 0.174. The maximum absolute atomic E-state index is 11.9. The van der Waals surface area contributed by atoms with Gasteiger partial charge in [0.1, 0.15) is 40.5 Å². The minimum atomic E-state index is -0.542. The number of nitro benzene ring substituents is 2. The third-order valence-electron chi connectivity index (χ3n) is 14.2. The maximum atomic E-state index is 11.9. The van der Waals surface area contributed by atoms with E-state index >= 15 is 0 Å². The number of carbonyl (C=O) groups excluding carboxylic acids is 1. The highest BCUT2D eigenvalue weighted by molar-refractivity contribution is 7.98. The molecule has 552 valence electrons. The predicted molar refractivity (Wildman–Crippen MR) is 420 cm³/mol. The lowest BCUT2D eigenvalue weighted by Gasteiger charge is -2.19. The smallest absolute Gasteiger partial charge is 0.407 e. The van der Waals surface area contributed by atoms with Crippen molar-refractivity contribution < 1.29 is 19.4 Å². The molecule has 8 rings (SSSR count). The normalized spacial score (nSPS) is 10.8. The van der Waals surface area contributed by atoms with E-state index in [1.165, 1.54) is 5.56 Å². The molecular weight excluding hydrogens is 1500 g/mol. The number of nitrogens with one attached hydrogen (secondary N) is 1. The highest BCUT2D eigenvalue weighted by Crippen LogP contribution is 2.27. The van der Waals surface area contributed by atoms with Crippen LogP contribution in [0.25, 0.3) is 0 Å². The van der Waals surface area contributed by atoms with Gasteiger partial charge in [0.25, 0.3) is 11.4 Å². The van der Waals surface area contributed by atoms with Crippen LogP contribution in [-0.4, -0.2) is 96.7 Å². The Labute approximate surface area is 647 Å². The fraction of sp³-hybridized carbons (Fsp3) is 0.444. The van der Waals surface area contributed by atoms with Crippen molar-refractivity contribution in [3.8, 4) is 0 Å². The molecule has 3 aromatic heterocycles. The zero-order valence-corrected chi connectivity index (χ0v) is 65.8. The number of unbranched alkanes of at least 4 members (excludes halogenated alkanes) is 5. The SMILES string of the molecule is CC(C)(C)OC(=O)NCCCc1nc(CCCCCc2ccccc2[N+](=O)[O-])nc(SCc2ccc(Cl)cc2)n1.CCCCc1nc(CCCN)nc(SCc2ccc(Cl)cc2)n1.ClCCl.ClCCl.NCCCc1nc(CCCCCc2ccccc2[N+](=O)[O-])nc(SCc2ccc(Cl)cc2)n1. The van der Waals surface area contributed by atoms with Crippen LogP contribution in [0.3, 0.4) is 0 Å². The Kier molecular flexibility index (Phi) is 45.4. The summed E-state index contributed by atoms with van der Waals surface area (Å²) in [6.45, 7) is 9.36. The molecule has 0 saturated carbocycles. The van der Waals surface area contributed by atoms with Gasteiger partial charge in [-0.2, -0.15) is 0 Å². The number of nitrogens with two attached hydrogens (primary N) is 2. The molecule has 0 unspecified atom stereocenters. The monoisotopic (exact) mass is 1590 g/mol. The number of aromatic nitrogens is 9. The van der Waals surface area contributed by atoms with Crippen LogP contribution in [-0.2, 0) is 73.4 Å². The number of nitrogens with zero attached hydrogens (tertiary/aromatic N) is 11. The van der Waals surface area contributed by atoms with E-state index in [9.17, 15) is 25.0 Å². The Hall–Kier alpha value is -5.80. The van der Waals surface area contributed by atoms with Gasteiger partial charge in [0, 0.05) is 101 Å². The number of amides is 1. The zero-order valence-electron chi connectivity index (χ0n) is 58.0. The lowest BCUT2D eigenvalue weighted by atomic mass is 10.0. The van der Waals surface area contributed by atoms with Gasteiger partial charge >= 0.3 is 6.09 Å². The molecule has 3 heterocycles. The number of thioether (sulfide) groups is 3. The third-order valence-corrected chi connectivity index (χ3v) is 17.8. The molecule has 0 aliphatic heterocycles. The quantitative estimate of drug-likeness (QED) is 0.0108. The Morgan fingerprint density at radius 2 is 0.735 bits per heavy atom. The van der Waals surface area contributed by atoms with Gasteiger partial charge in [-0.15, -0.1) is 46.4 Å². The minimum Gasteiger partial charge on any atom is -0.444 e. The third kappa shape index (κ3) is 38.8. The summed E-state index contributed by atoms with van der Waals surface area (Å²) in [5.74, 6) is 7.03. The molecule has 102 heavy (non-hydrogen) atoms. The first kappa shape index (κ1) is 88.6. The summed E-state index contributed by atoms with van der Waals surface area (Å²) >= 11 is 41.7. The van der Waals surface area contributed by atoms with Crippen molar-refractivity contribution >= 4 is 134 Å². The second-order valence-electron chi connectivity index (χ2n) is 23.6. The number of alkyl carbamates (subject to hydrolysis) is 1. The summed E-state index contributed by atoms with van der Waals surface area (Å²) in [7, 11) is 0. The molecule has 5 N–H and O–H groups in total. The number of carbonyl (C=O) groups is 1. The van der Waals surface area contributed by atoms with E-state index < -0.39 is 11.7 Å². The number of hydrogen-bond acceptors (Lipinski definition) is 20. The molecule has 8 aromatic rings. The van der Waals surface area contributed by atoms with Crippen molar-refractivity contribution in [1.29, 1.82) is 0 Å². The number of nitro groups is 2. The zero-order chi connectivity index (χ0) is 74.3. The van der Waals surface area contributed by atoms with Gasteiger partial charge in [0.05, 0.1) is 20.5 Å². The Balaban J connectivity index is 0.000000321. The number of rotatable bonds is 36. The van der Waals surface area contributed by atoms with E-state index in [0.29, 0.717) is 73.5 Å². The van der Waals surface area contributed by atoms with Crippen LogP contribution in [0.15, 0.2) is 137 Å². The molecule has 20 nitrogen and oxygen atoms in total. The number of aryl methyl sites for hydroxylation is 8. The van der Waals surface area contributed by atoms with Gasteiger partial charge in [-0.1, -0.05) is 169 Å². The summed E-state index contributed by atoms with van der Waals surface area (Å²) in [6, 6.07) is 37.2. The molecule has 30 heteroatoms. The van der Waals surface area contributed by atoms with Crippen LogP contribution in [0.1, 0.15) is 161 Å². The number of halogens is 7. The number of para-hydroxylation sites is 2. The van der Waals surface area contributed by atoms with Crippen LogP contribution in [0.2, 0.25) is 15.1 Å². The van der Waals surface area contributed by atoms with E-state index in [1.807, 2.05) is 118 Å². The lowest BCUT2D eigenvalue weighted by Crippen LogP contribution is -2.33. The first-order chi connectivity index (χ1) is 49.2. The van der Waals surface area contributed by atoms with E-state index in [4.69, 9.17) is 102 Å². The fourth-order valence-electron chi connectivity index (χ4n) is 9.34. The number of alkyl halides is 4. The predicted octanol–water partition coefficient (Wildman–Crippen LogP) is 19.6. The summed E-state index contributed by atoms with van der Waals surface area (Å²) in [6.07, 6.45) is 15.4. The molecule has 0 bridgehead atoms. The van der Waals surface area contributed by atoms with E-state index in [2.05, 4.69) is 52.1 Å². The highest BCUT2D eigenvalue weighted by Gasteiger charge is 2.18. The van der Waals surface area contributed by atoms with Crippen molar-refractivity contribution in [1.82, 2.24) is 50.2 Å². The van der Waals surface area contributed by atoms with Crippen molar-refractivity contribution in [2.75, 3.05) is 30.3 Å². The Morgan fingerprint density at radius 3 is 1.04 bits per heavy atom. The second kappa shape index (κ2) is 52.2. The van der Waals surface area contributed by atoms with E-state index in [1.54, 1.807) is 59.6 Å². The van der Waals surface area contributed by atoms with Crippen molar-refractivity contribution in [3.05, 3.63) is 219 Å². The number of benzene rings is 5. The molecule has 0 aliphatic carbocycles. The fourth-order valence-corrected chi connectivity index (χ4v) is 12.2.